The van der Waals surface area contributed by atoms with Gasteiger partial charge in [-0.15, -0.1) is 11.6 Å². The molecule has 21 heavy (non-hydrogen) atoms. The SMILES string of the molecule is O=S(=O)(Cc1ccc(CCl)cc1)N1Cc2ccccc2C1. The van der Waals surface area contributed by atoms with Crippen LogP contribution in [0.5, 0.6) is 0 Å². The number of fused-ring (bicyclic) bond motifs is 1. The summed E-state index contributed by atoms with van der Waals surface area (Å²) in [6.45, 7) is 0.941. The second-order valence-corrected chi connectivity index (χ2v) is 7.48. The van der Waals surface area contributed by atoms with Crippen LogP contribution in [0, 0.1) is 0 Å². The highest BCUT2D eigenvalue weighted by molar-refractivity contribution is 7.88. The fourth-order valence-corrected chi connectivity index (χ4v) is 4.17. The van der Waals surface area contributed by atoms with Crippen LogP contribution in [0.1, 0.15) is 22.3 Å². The Kier molecular flexibility index (Phi) is 4.02. The number of rotatable bonds is 4. The largest absolute Gasteiger partial charge is 0.218 e. The van der Waals surface area contributed by atoms with E-state index in [9.17, 15) is 8.42 Å². The van der Waals surface area contributed by atoms with Crippen molar-refractivity contribution in [1.82, 2.24) is 4.31 Å². The Morgan fingerprint density at radius 2 is 1.43 bits per heavy atom. The highest BCUT2D eigenvalue weighted by Gasteiger charge is 2.28. The molecule has 0 spiro atoms. The van der Waals surface area contributed by atoms with Crippen molar-refractivity contribution in [2.45, 2.75) is 24.7 Å². The van der Waals surface area contributed by atoms with Crippen molar-refractivity contribution in [2.75, 3.05) is 0 Å². The first-order chi connectivity index (χ1) is 10.1. The van der Waals surface area contributed by atoms with Gasteiger partial charge in [0, 0.05) is 19.0 Å². The number of nitrogens with zero attached hydrogens (tertiary/aromatic N) is 1. The van der Waals surface area contributed by atoms with E-state index in [4.69, 9.17) is 11.6 Å². The number of halogens is 1. The average molecular weight is 322 g/mol. The van der Waals surface area contributed by atoms with Gasteiger partial charge >= 0.3 is 0 Å². The standard InChI is InChI=1S/C16H16ClNO2S/c17-9-13-5-7-14(8-6-13)12-21(19,20)18-10-15-3-1-2-4-16(15)11-18/h1-8H,9-12H2. The molecule has 5 heteroatoms. The van der Waals surface area contributed by atoms with Crippen LogP contribution >= 0.6 is 11.6 Å². The molecule has 0 amide bonds. The van der Waals surface area contributed by atoms with E-state index in [1.165, 1.54) is 0 Å². The summed E-state index contributed by atoms with van der Waals surface area (Å²) in [5.41, 5.74) is 3.98. The van der Waals surface area contributed by atoms with Gasteiger partial charge in [-0.05, 0) is 22.3 Å². The Labute approximate surface area is 130 Å². The summed E-state index contributed by atoms with van der Waals surface area (Å²) < 4.78 is 26.6. The molecular formula is C16H16ClNO2S. The number of sulfonamides is 1. The first-order valence-electron chi connectivity index (χ1n) is 6.77. The summed E-state index contributed by atoms with van der Waals surface area (Å²) in [5.74, 6) is 0.470. The van der Waals surface area contributed by atoms with Gasteiger partial charge in [-0.25, -0.2) is 8.42 Å². The molecule has 110 valence electrons. The van der Waals surface area contributed by atoms with Crippen molar-refractivity contribution in [3.8, 4) is 0 Å². The molecule has 0 fully saturated rings. The molecule has 0 aliphatic carbocycles. The van der Waals surface area contributed by atoms with Crippen LogP contribution in [-0.4, -0.2) is 12.7 Å². The molecule has 0 N–H and O–H groups in total. The van der Waals surface area contributed by atoms with E-state index in [2.05, 4.69) is 0 Å². The van der Waals surface area contributed by atoms with Gasteiger partial charge in [0.15, 0.2) is 0 Å². The van der Waals surface area contributed by atoms with Gasteiger partial charge in [0.2, 0.25) is 10.0 Å². The van der Waals surface area contributed by atoms with Crippen molar-refractivity contribution in [3.05, 3.63) is 70.8 Å². The third-order valence-corrected chi connectivity index (χ3v) is 5.78. The molecule has 3 nitrogen and oxygen atoms in total. The molecule has 2 aromatic rings. The molecule has 0 aromatic heterocycles. The van der Waals surface area contributed by atoms with Crippen LogP contribution in [0.2, 0.25) is 0 Å². The quantitative estimate of drug-likeness (QED) is 0.810. The number of benzene rings is 2. The molecule has 0 unspecified atom stereocenters. The molecule has 2 aromatic carbocycles. The van der Waals surface area contributed by atoms with Gasteiger partial charge in [0.25, 0.3) is 0 Å². The summed E-state index contributed by atoms with van der Waals surface area (Å²) in [6, 6.07) is 15.3. The van der Waals surface area contributed by atoms with E-state index < -0.39 is 10.0 Å². The zero-order valence-corrected chi connectivity index (χ0v) is 13.1. The zero-order chi connectivity index (χ0) is 14.9. The normalized spacial score (nSPS) is 15.1. The lowest BCUT2D eigenvalue weighted by Gasteiger charge is -2.15. The molecule has 1 aliphatic heterocycles. The van der Waals surface area contributed by atoms with E-state index in [0.717, 1.165) is 22.3 Å². The summed E-state index contributed by atoms with van der Waals surface area (Å²) >= 11 is 5.74. The lowest BCUT2D eigenvalue weighted by molar-refractivity contribution is 0.431. The average Bonchev–Trinajstić information content (AvgIpc) is 2.92. The molecule has 0 radical (unpaired) electrons. The Hall–Kier alpha value is -1.36. The molecule has 0 saturated carbocycles. The van der Waals surface area contributed by atoms with Crippen molar-refractivity contribution < 1.29 is 8.42 Å². The summed E-state index contributed by atoms with van der Waals surface area (Å²) in [5, 5.41) is 0. The zero-order valence-electron chi connectivity index (χ0n) is 11.5. The van der Waals surface area contributed by atoms with Crippen LogP contribution in [0.3, 0.4) is 0 Å². The second kappa shape index (κ2) is 5.79. The Bertz CT molecular complexity index is 716. The minimum absolute atomic E-state index is 0.0313. The van der Waals surface area contributed by atoms with Gasteiger partial charge in [-0.2, -0.15) is 4.31 Å². The fraction of sp³-hybridized carbons (Fsp3) is 0.250. The number of hydrogen-bond donors (Lipinski definition) is 0. The van der Waals surface area contributed by atoms with Gasteiger partial charge in [-0.3, -0.25) is 0 Å². The molecule has 0 bridgehead atoms. The number of hydrogen-bond acceptors (Lipinski definition) is 2. The first-order valence-corrected chi connectivity index (χ1v) is 8.91. The van der Waals surface area contributed by atoms with Crippen molar-refractivity contribution >= 4 is 21.6 Å². The van der Waals surface area contributed by atoms with Crippen LogP contribution < -0.4 is 0 Å². The molecule has 0 saturated heterocycles. The topological polar surface area (TPSA) is 37.4 Å². The van der Waals surface area contributed by atoms with Gasteiger partial charge < -0.3 is 0 Å². The minimum atomic E-state index is -3.30. The molecule has 1 aliphatic rings. The minimum Gasteiger partial charge on any atom is -0.212 e. The maximum atomic E-state index is 12.5. The maximum absolute atomic E-state index is 12.5. The van der Waals surface area contributed by atoms with Crippen LogP contribution in [-0.2, 0) is 34.7 Å². The van der Waals surface area contributed by atoms with E-state index in [0.29, 0.717) is 19.0 Å². The molecule has 3 rings (SSSR count). The van der Waals surface area contributed by atoms with E-state index in [-0.39, 0.29) is 5.75 Å². The number of alkyl halides is 1. The van der Waals surface area contributed by atoms with Gasteiger partial charge in [-0.1, -0.05) is 48.5 Å². The highest BCUT2D eigenvalue weighted by Crippen LogP contribution is 2.26. The van der Waals surface area contributed by atoms with E-state index in [1.54, 1.807) is 4.31 Å². The van der Waals surface area contributed by atoms with Crippen LogP contribution in [0.15, 0.2) is 48.5 Å². The summed E-state index contributed by atoms with van der Waals surface area (Å²) in [7, 11) is -3.30. The van der Waals surface area contributed by atoms with E-state index in [1.807, 2.05) is 48.5 Å². The molecule has 0 atom stereocenters. The van der Waals surface area contributed by atoms with Crippen LogP contribution in [0.4, 0.5) is 0 Å². The highest BCUT2D eigenvalue weighted by atomic mass is 35.5. The van der Waals surface area contributed by atoms with Crippen LogP contribution in [0.25, 0.3) is 0 Å². The van der Waals surface area contributed by atoms with Gasteiger partial charge in [0.1, 0.15) is 0 Å². The monoisotopic (exact) mass is 321 g/mol. The third kappa shape index (κ3) is 3.12. The molecular weight excluding hydrogens is 306 g/mol. The second-order valence-electron chi connectivity index (χ2n) is 5.24. The lowest BCUT2D eigenvalue weighted by atomic mass is 10.1. The summed E-state index contributed by atoms with van der Waals surface area (Å²) in [6.07, 6.45) is 0. The first kappa shape index (κ1) is 14.6. The Morgan fingerprint density at radius 3 is 1.95 bits per heavy atom. The smallest absolute Gasteiger partial charge is 0.212 e. The third-order valence-electron chi connectivity index (χ3n) is 3.73. The van der Waals surface area contributed by atoms with Crippen molar-refractivity contribution in [2.24, 2.45) is 0 Å². The Balaban J connectivity index is 1.76. The predicted molar refractivity (Wildman–Crippen MR) is 84.3 cm³/mol. The lowest BCUT2D eigenvalue weighted by Crippen LogP contribution is -2.26. The molecule has 1 heterocycles. The predicted octanol–water partition coefficient (Wildman–Crippen LogP) is 3.27. The Morgan fingerprint density at radius 1 is 0.905 bits per heavy atom. The fourth-order valence-electron chi connectivity index (χ4n) is 2.53. The summed E-state index contributed by atoms with van der Waals surface area (Å²) in [4.78, 5) is 0. The van der Waals surface area contributed by atoms with Gasteiger partial charge in [0.05, 0.1) is 5.75 Å². The van der Waals surface area contributed by atoms with E-state index >= 15 is 0 Å². The van der Waals surface area contributed by atoms with Crippen molar-refractivity contribution in [3.63, 3.8) is 0 Å². The maximum Gasteiger partial charge on any atom is 0.218 e. The van der Waals surface area contributed by atoms with Crippen molar-refractivity contribution in [1.29, 1.82) is 0 Å².